The van der Waals surface area contributed by atoms with E-state index in [-0.39, 0.29) is 61.7 Å². The second kappa shape index (κ2) is 49.4. The highest BCUT2D eigenvalue weighted by atomic mass is 79.9. The van der Waals surface area contributed by atoms with Crippen molar-refractivity contribution in [1.82, 2.24) is 0 Å². The molecule has 9 aromatic rings. The SMILES string of the molecule is BrB(Br)Br.COc1cc(Cl)cc(Oc2cccc(C#N)c2)c1.COc1cc(O)cc(Cl)c1.ClCCl.ClCCl.N#Cc1cccc(B(O)O)c1.N#Cc1cccc(Oc2cc(Cl)cc(OCC(=O)Nc3ccc(S(N)(=O)=O)cc3Cl)c2)c1.N#Cc1cccc(Oc2cc(O)cc(Cl)c2)c1.[BH4-]. The van der Waals surface area contributed by atoms with Crippen molar-refractivity contribution >= 4 is 197 Å². The van der Waals surface area contributed by atoms with Gasteiger partial charge in [-0.2, -0.15) is 21.0 Å². The summed E-state index contributed by atoms with van der Waals surface area (Å²) in [7, 11) is -2.33. The molecule has 0 fully saturated rings. The van der Waals surface area contributed by atoms with Gasteiger partial charge in [0.1, 0.15) is 63.2 Å². The predicted octanol–water partition coefficient (Wildman–Crippen LogP) is 16.9. The molecule has 9 aromatic carbocycles. The highest BCUT2D eigenvalue weighted by Gasteiger charge is 2.15. The number of nitrogens with one attached hydrogen (secondary N) is 1. The molecular weight excluding hydrogens is 1680 g/mol. The van der Waals surface area contributed by atoms with E-state index in [2.05, 4.69) is 58.7 Å². The molecule has 518 valence electrons. The molecule has 9 rings (SSSR count). The van der Waals surface area contributed by atoms with Gasteiger partial charge in [0.05, 0.1) is 87.0 Å². The summed E-state index contributed by atoms with van der Waals surface area (Å²) in [5.74, 6) is 3.93. The van der Waals surface area contributed by atoms with E-state index < -0.39 is 23.0 Å². The molecule has 0 aliphatic rings. The first-order valence-electron chi connectivity index (χ1n) is 26.5. The standard InChI is InChI=1S/C21H15Cl2N3O5S.C14H10ClNO2.C13H8ClNO2.C7H6BNO2.C7H7ClO2.2CH2Cl2.BBr3.BH4/c22-14-7-16(9-17(8-14)31-15-3-1-2-13(6-15)11-24)30-12-21(27)26-20-5-4-18(10-19(20)23)32(25,28)29;1-17-13-6-11(15)7-14(8-13)18-12-4-2-3-10(5-12)9-16;14-10-5-11(16)7-13(6-10)17-12-3-1-2-9(4-12)8-15;9-5-6-2-1-3-7(4-6)8(10)11;1-10-7-3-5(8)2-6(9)4-7;2*2-1-3;2-1(3)4;/h1-10H,12H2,(H,26,27)(H2,25,28,29);2-8H,1H3;1-7,16H;1-4,10-11H;2-4,9H,1H3;2*1H2;;1H4/q;;;;;;;;-1. The lowest BCUT2D eigenvalue weighted by atomic mass is 9.80. The van der Waals surface area contributed by atoms with E-state index in [9.17, 15) is 18.3 Å². The van der Waals surface area contributed by atoms with Crippen LogP contribution in [0.3, 0.4) is 0 Å². The number of methoxy groups -OCH3 is 2. The van der Waals surface area contributed by atoms with Gasteiger partial charge in [-0.15, -0.1) is 93.7 Å². The van der Waals surface area contributed by atoms with Gasteiger partial charge in [-0.05, 0) is 139 Å². The lowest BCUT2D eigenvalue weighted by Gasteiger charge is -2.12. The summed E-state index contributed by atoms with van der Waals surface area (Å²) in [4.78, 5) is 12.0. The Kier molecular flexibility index (Phi) is 44.9. The number of amides is 1. The summed E-state index contributed by atoms with van der Waals surface area (Å²) >= 11 is 57.8. The van der Waals surface area contributed by atoms with Crippen LogP contribution in [0.4, 0.5) is 5.69 Å². The van der Waals surface area contributed by atoms with E-state index >= 15 is 0 Å². The average Bonchev–Trinajstić information content (AvgIpc) is 0.851. The van der Waals surface area contributed by atoms with Crippen LogP contribution in [0.1, 0.15) is 22.3 Å². The van der Waals surface area contributed by atoms with Crippen LogP contribution < -0.4 is 44.3 Å². The topological polar surface area (TPSA) is 321 Å². The number of rotatable bonds is 14. The van der Waals surface area contributed by atoms with Crippen LogP contribution in [-0.4, -0.2) is 84.8 Å². The van der Waals surface area contributed by atoms with Crippen LogP contribution in [0.25, 0.3) is 0 Å². The smallest absolute Gasteiger partial charge is 0.488 e. The van der Waals surface area contributed by atoms with E-state index in [1.54, 1.807) is 135 Å². The molecule has 0 radical (unpaired) electrons. The van der Waals surface area contributed by atoms with Crippen molar-refractivity contribution in [2.75, 3.05) is 36.8 Å². The largest absolute Gasteiger partial charge is 0.508 e. The minimum atomic E-state index is -3.91. The van der Waals surface area contributed by atoms with Crippen molar-refractivity contribution in [3.63, 3.8) is 0 Å². The van der Waals surface area contributed by atoms with Crippen molar-refractivity contribution in [3.8, 4) is 87.5 Å². The molecule has 0 saturated heterocycles. The number of phenols is 2. The van der Waals surface area contributed by atoms with Crippen LogP contribution in [0.15, 0.2) is 193 Å². The van der Waals surface area contributed by atoms with Gasteiger partial charge in [0.15, 0.2) is 6.61 Å². The number of carbonyl (C=O) groups is 1. The molecule has 0 aliphatic heterocycles. The number of primary sulfonamides is 1. The van der Waals surface area contributed by atoms with Gasteiger partial charge < -0.3 is 54.0 Å². The van der Waals surface area contributed by atoms with Crippen LogP contribution in [0.5, 0.6) is 63.2 Å². The fourth-order valence-electron chi connectivity index (χ4n) is 6.84. The number of sulfonamides is 1. The van der Waals surface area contributed by atoms with E-state index in [4.69, 9.17) is 174 Å². The van der Waals surface area contributed by atoms with Gasteiger partial charge in [0.25, 0.3) is 5.91 Å². The first-order valence-corrected chi connectivity index (χ1v) is 34.9. The molecule has 0 aromatic heterocycles. The third-order valence-corrected chi connectivity index (χ3v) is 12.8. The monoisotopic (exact) mass is 1730 g/mol. The number of nitrogens with two attached hydrogens (primary N) is 1. The molecule has 0 heterocycles. The Morgan fingerprint density at radius 1 is 0.495 bits per heavy atom. The Morgan fingerprint density at radius 3 is 1.19 bits per heavy atom. The van der Waals surface area contributed by atoms with Gasteiger partial charge in [0.2, 0.25) is 10.0 Å². The molecule has 0 unspecified atom stereocenters. The summed E-state index contributed by atoms with van der Waals surface area (Å²) in [5.41, 5.74) is 2.45. The molecule has 0 atom stereocenters. The summed E-state index contributed by atoms with van der Waals surface area (Å²) in [5, 5.41) is 80.3. The van der Waals surface area contributed by atoms with Crippen molar-refractivity contribution in [3.05, 3.63) is 235 Å². The number of carbonyl (C=O) groups excluding carboxylic acids is 1. The number of phenolic OH excluding ortho intramolecular Hbond substituents is 2. The number of nitrogens with zero attached hydrogens (tertiary/aromatic N) is 4. The number of nitriles is 4. The molecule has 19 nitrogen and oxygen atoms in total. The quantitative estimate of drug-likeness (QED) is 0.0435. The molecule has 0 bridgehead atoms. The third-order valence-electron chi connectivity index (χ3n) is 10.7. The highest BCUT2D eigenvalue weighted by molar-refractivity contribution is 9.69. The zero-order valence-electron chi connectivity index (χ0n) is 50.4. The number of anilines is 1. The number of alkyl halides is 4. The van der Waals surface area contributed by atoms with Gasteiger partial charge in [-0.1, -0.05) is 96.7 Å². The Morgan fingerprint density at radius 2 is 0.828 bits per heavy atom. The number of hydrogen-bond donors (Lipinski definition) is 6. The Hall–Kier alpha value is -7.12. The molecule has 0 saturated carbocycles. The number of hydrogen-bond acceptors (Lipinski definition) is 17. The maximum absolute atomic E-state index is 12.2. The zero-order chi connectivity index (χ0) is 73.3. The van der Waals surface area contributed by atoms with E-state index in [0.717, 1.165) is 6.07 Å². The fourth-order valence-corrected chi connectivity index (χ4v) is 8.54. The summed E-state index contributed by atoms with van der Waals surface area (Å²) in [6, 6.07) is 56.8. The highest BCUT2D eigenvalue weighted by Crippen LogP contribution is 2.33. The average molecular weight is 1740 g/mol. The molecule has 0 aliphatic carbocycles. The first-order chi connectivity index (χ1) is 46.5. The number of aromatic hydroxyl groups is 2. The Labute approximate surface area is 644 Å². The molecule has 0 spiro atoms. The molecule has 1 amide bonds. The summed E-state index contributed by atoms with van der Waals surface area (Å²) in [6.07, 6.45) is 0. The number of benzene rings is 9. The Bertz CT molecular complexity index is 4290. The van der Waals surface area contributed by atoms with E-state index in [1.165, 1.54) is 61.7 Å². The van der Waals surface area contributed by atoms with Gasteiger partial charge in [0, 0.05) is 44.4 Å². The maximum atomic E-state index is 12.2. The molecular formula is C64H54B3Br3Cl9N6O13S-. The Balaban J connectivity index is 0.000000630. The van der Waals surface area contributed by atoms with E-state index in [1.807, 2.05) is 18.2 Å². The molecule has 99 heavy (non-hydrogen) atoms. The van der Waals surface area contributed by atoms with Crippen LogP contribution in [-0.2, 0) is 14.8 Å². The minimum Gasteiger partial charge on any atom is -0.508 e. The number of ether oxygens (including phenoxy) is 6. The fraction of sp³-hybridized carbons (Fsp3) is 0.0781. The van der Waals surface area contributed by atoms with Gasteiger partial charge in [-0.3, -0.25) is 4.79 Å². The van der Waals surface area contributed by atoms with Crippen LogP contribution >= 0.6 is 152 Å². The minimum absolute atomic E-state index is 0. The van der Waals surface area contributed by atoms with Crippen molar-refractivity contribution in [2.24, 2.45) is 5.14 Å². The van der Waals surface area contributed by atoms with Crippen molar-refractivity contribution in [1.29, 1.82) is 21.0 Å². The number of halogens is 12. The van der Waals surface area contributed by atoms with Gasteiger partial charge >= 0.3 is 10.3 Å². The molecule has 35 heteroatoms. The lowest BCUT2D eigenvalue weighted by Crippen LogP contribution is -2.29. The van der Waals surface area contributed by atoms with Crippen molar-refractivity contribution < 1.29 is 61.9 Å². The normalized spacial score (nSPS) is 9.46. The first kappa shape index (κ1) is 89.9. The third kappa shape index (κ3) is 38.3. The van der Waals surface area contributed by atoms with Gasteiger partial charge in [-0.25, -0.2) is 13.6 Å². The van der Waals surface area contributed by atoms with Crippen LogP contribution in [0.2, 0.25) is 25.1 Å². The second-order valence-electron chi connectivity index (χ2n) is 17.8. The summed E-state index contributed by atoms with van der Waals surface area (Å²) < 4.78 is 55.2. The molecule has 7 N–H and O–H groups in total. The van der Waals surface area contributed by atoms with Crippen LogP contribution in [0, 0.1) is 45.3 Å². The summed E-state index contributed by atoms with van der Waals surface area (Å²) in [6.45, 7) is -0.378. The lowest BCUT2D eigenvalue weighted by molar-refractivity contribution is -0.118. The van der Waals surface area contributed by atoms with E-state index in [0.29, 0.717) is 93.8 Å². The predicted molar refractivity (Wildman–Crippen MR) is 411 cm³/mol. The second-order valence-corrected chi connectivity index (χ2v) is 29.5. The van der Waals surface area contributed by atoms with Crippen molar-refractivity contribution in [2.45, 2.75) is 4.90 Å². The maximum Gasteiger partial charge on any atom is 0.488 e. The zero-order valence-corrected chi connectivity index (χ0v) is 62.8.